The van der Waals surface area contributed by atoms with Crippen molar-refractivity contribution in [1.82, 2.24) is 9.88 Å². The summed E-state index contributed by atoms with van der Waals surface area (Å²) in [5, 5.41) is 0. The molecule has 1 aromatic rings. The highest BCUT2D eigenvalue weighted by atomic mass is 15.2. The standard InChI is InChI=1S/C14H18N2.2C2H6/c1-3-16-9-12-7-13(16)8-14(12)11-4-5-15-10(2)6-11;2*1-2/h4-6,8,12-13H,3,7,9H2,1-2H3;2*1-2H3. The molecule has 3 rings (SSSR count). The van der Waals surface area contributed by atoms with Crippen molar-refractivity contribution in [3.05, 3.63) is 35.7 Å². The van der Waals surface area contributed by atoms with Crippen molar-refractivity contribution in [1.29, 1.82) is 0 Å². The van der Waals surface area contributed by atoms with E-state index in [2.05, 4.69) is 41.9 Å². The van der Waals surface area contributed by atoms with Gasteiger partial charge in [-0.1, -0.05) is 40.7 Å². The molecule has 0 radical (unpaired) electrons. The first-order valence-electron chi connectivity index (χ1n) is 8.16. The maximum atomic E-state index is 4.27. The summed E-state index contributed by atoms with van der Waals surface area (Å²) in [6.07, 6.45) is 5.71. The number of pyridine rings is 1. The fourth-order valence-corrected chi connectivity index (χ4v) is 3.10. The fourth-order valence-electron chi connectivity index (χ4n) is 3.10. The van der Waals surface area contributed by atoms with Gasteiger partial charge in [-0.2, -0.15) is 0 Å². The molecule has 2 nitrogen and oxygen atoms in total. The Morgan fingerprint density at radius 3 is 2.45 bits per heavy atom. The van der Waals surface area contributed by atoms with Gasteiger partial charge < -0.3 is 0 Å². The molecule has 2 unspecified atom stereocenters. The maximum Gasteiger partial charge on any atom is 0.0378 e. The van der Waals surface area contributed by atoms with Crippen LogP contribution in [0.5, 0.6) is 0 Å². The van der Waals surface area contributed by atoms with Crippen LogP contribution in [0.3, 0.4) is 0 Å². The van der Waals surface area contributed by atoms with Crippen molar-refractivity contribution < 1.29 is 0 Å². The Labute approximate surface area is 124 Å². The smallest absolute Gasteiger partial charge is 0.0378 e. The van der Waals surface area contributed by atoms with Gasteiger partial charge in [0.25, 0.3) is 0 Å². The fraction of sp³-hybridized carbons (Fsp3) is 0.611. The second kappa shape index (κ2) is 8.21. The van der Waals surface area contributed by atoms with Crippen LogP contribution in [-0.4, -0.2) is 29.0 Å². The third-order valence-electron chi connectivity index (χ3n) is 3.90. The Morgan fingerprint density at radius 2 is 1.95 bits per heavy atom. The Kier molecular flexibility index (Phi) is 6.94. The molecule has 0 aromatic carbocycles. The van der Waals surface area contributed by atoms with Gasteiger partial charge in [-0.15, -0.1) is 0 Å². The molecule has 2 atom stereocenters. The molecule has 0 N–H and O–H groups in total. The molecule has 1 fully saturated rings. The lowest BCUT2D eigenvalue weighted by Gasteiger charge is -2.24. The number of aromatic nitrogens is 1. The maximum absolute atomic E-state index is 4.27. The molecular weight excluding hydrogens is 244 g/mol. The molecule has 2 heteroatoms. The molecule has 2 bridgehead atoms. The number of rotatable bonds is 2. The summed E-state index contributed by atoms with van der Waals surface area (Å²) in [7, 11) is 0. The lowest BCUT2D eigenvalue weighted by molar-refractivity contribution is 0.297. The zero-order valence-electron chi connectivity index (χ0n) is 14.0. The third kappa shape index (κ3) is 3.49. The first-order chi connectivity index (χ1) is 9.78. The van der Waals surface area contributed by atoms with Crippen LogP contribution in [0.4, 0.5) is 0 Å². The molecule has 2 heterocycles. The van der Waals surface area contributed by atoms with Crippen LogP contribution < -0.4 is 0 Å². The van der Waals surface area contributed by atoms with Crippen molar-refractivity contribution in [2.45, 2.75) is 54.0 Å². The topological polar surface area (TPSA) is 16.1 Å². The lowest BCUT2D eigenvalue weighted by Crippen LogP contribution is -2.30. The molecule has 1 aliphatic heterocycles. The van der Waals surface area contributed by atoms with Gasteiger partial charge in [-0.05, 0) is 49.1 Å². The van der Waals surface area contributed by atoms with Gasteiger partial charge in [0.05, 0.1) is 0 Å². The van der Waals surface area contributed by atoms with Gasteiger partial charge in [0.15, 0.2) is 0 Å². The zero-order valence-corrected chi connectivity index (χ0v) is 14.0. The number of fused-ring (bicyclic) bond motifs is 2. The van der Waals surface area contributed by atoms with Crippen molar-refractivity contribution >= 4 is 5.57 Å². The lowest BCUT2D eigenvalue weighted by atomic mass is 9.95. The third-order valence-corrected chi connectivity index (χ3v) is 3.90. The van der Waals surface area contributed by atoms with E-state index in [1.165, 1.54) is 25.1 Å². The van der Waals surface area contributed by atoms with E-state index >= 15 is 0 Å². The van der Waals surface area contributed by atoms with Crippen LogP contribution >= 0.6 is 0 Å². The van der Waals surface area contributed by atoms with Crippen molar-refractivity contribution in [3.63, 3.8) is 0 Å². The molecular formula is C18H30N2. The SMILES string of the molecule is CC.CC.CCN1CC2CC1C=C2c1ccnc(C)c1. The van der Waals surface area contributed by atoms with Crippen LogP contribution in [0, 0.1) is 12.8 Å². The van der Waals surface area contributed by atoms with E-state index in [-0.39, 0.29) is 0 Å². The second-order valence-corrected chi connectivity index (χ2v) is 4.90. The highest BCUT2D eigenvalue weighted by molar-refractivity contribution is 5.71. The van der Waals surface area contributed by atoms with Crippen molar-refractivity contribution in [2.75, 3.05) is 13.1 Å². The monoisotopic (exact) mass is 274 g/mol. The van der Waals surface area contributed by atoms with Gasteiger partial charge in [0.2, 0.25) is 0 Å². The Balaban J connectivity index is 0.000000461. The zero-order chi connectivity index (χ0) is 15.1. The van der Waals surface area contributed by atoms with Crippen LogP contribution in [0.25, 0.3) is 5.57 Å². The Morgan fingerprint density at radius 1 is 1.25 bits per heavy atom. The molecule has 0 amide bonds. The number of likely N-dealkylation sites (N-methyl/N-ethyl adjacent to an activating group) is 1. The van der Waals surface area contributed by atoms with Gasteiger partial charge in [-0.3, -0.25) is 9.88 Å². The molecule has 20 heavy (non-hydrogen) atoms. The minimum Gasteiger partial charge on any atom is -0.297 e. The molecule has 112 valence electrons. The molecule has 2 aliphatic rings. The van der Waals surface area contributed by atoms with E-state index in [1.54, 1.807) is 5.57 Å². The van der Waals surface area contributed by atoms with Crippen molar-refractivity contribution in [3.8, 4) is 0 Å². The number of hydrogen-bond donors (Lipinski definition) is 0. The summed E-state index contributed by atoms with van der Waals surface area (Å²) in [6.45, 7) is 14.7. The van der Waals surface area contributed by atoms with E-state index in [0.29, 0.717) is 6.04 Å². The van der Waals surface area contributed by atoms with Crippen molar-refractivity contribution in [2.24, 2.45) is 5.92 Å². The highest BCUT2D eigenvalue weighted by Crippen LogP contribution is 2.41. The van der Waals surface area contributed by atoms with Crippen LogP contribution in [-0.2, 0) is 0 Å². The summed E-state index contributed by atoms with van der Waals surface area (Å²) in [4.78, 5) is 6.84. The van der Waals surface area contributed by atoms with E-state index in [1.807, 2.05) is 33.9 Å². The molecule has 0 saturated carbocycles. The predicted molar refractivity (Wildman–Crippen MR) is 88.8 cm³/mol. The second-order valence-electron chi connectivity index (χ2n) is 4.90. The highest BCUT2D eigenvalue weighted by Gasteiger charge is 2.37. The number of likely N-dealkylation sites (tertiary alicyclic amines) is 1. The number of hydrogen-bond acceptors (Lipinski definition) is 2. The van der Waals surface area contributed by atoms with Crippen LogP contribution in [0.2, 0.25) is 0 Å². The van der Waals surface area contributed by atoms with E-state index < -0.39 is 0 Å². The van der Waals surface area contributed by atoms with E-state index in [9.17, 15) is 0 Å². The predicted octanol–water partition coefficient (Wildman–Crippen LogP) is 4.55. The van der Waals surface area contributed by atoms with Crippen LogP contribution in [0.15, 0.2) is 24.4 Å². The minimum atomic E-state index is 0.693. The quantitative estimate of drug-likeness (QED) is 0.786. The van der Waals surface area contributed by atoms with E-state index in [0.717, 1.165) is 11.6 Å². The summed E-state index contributed by atoms with van der Waals surface area (Å²) in [5.41, 5.74) is 4.06. The van der Waals surface area contributed by atoms with Crippen LogP contribution in [0.1, 0.15) is 52.3 Å². The number of nitrogens with zero attached hydrogens (tertiary/aromatic N) is 2. The molecule has 1 aliphatic carbocycles. The van der Waals surface area contributed by atoms with Gasteiger partial charge in [0, 0.05) is 24.5 Å². The summed E-state index contributed by atoms with van der Waals surface area (Å²) < 4.78 is 0. The van der Waals surface area contributed by atoms with Gasteiger partial charge in [-0.25, -0.2) is 0 Å². The molecule has 1 saturated heterocycles. The average molecular weight is 274 g/mol. The minimum absolute atomic E-state index is 0.693. The normalized spacial score (nSPS) is 23.4. The van der Waals surface area contributed by atoms with Gasteiger partial charge in [0.1, 0.15) is 0 Å². The molecule has 0 spiro atoms. The Bertz CT molecular complexity index is 437. The first kappa shape index (κ1) is 16.9. The van der Waals surface area contributed by atoms with Gasteiger partial charge >= 0.3 is 0 Å². The number of aryl methyl sites for hydroxylation is 1. The first-order valence-corrected chi connectivity index (χ1v) is 8.16. The van der Waals surface area contributed by atoms with E-state index in [4.69, 9.17) is 0 Å². The summed E-state index contributed by atoms with van der Waals surface area (Å²) in [5.74, 6) is 0.756. The molecule has 1 aromatic heterocycles. The Hall–Kier alpha value is -1.15. The average Bonchev–Trinajstić information content (AvgIpc) is 3.11. The largest absolute Gasteiger partial charge is 0.297 e. The summed E-state index contributed by atoms with van der Waals surface area (Å²) in [6, 6.07) is 5.05. The summed E-state index contributed by atoms with van der Waals surface area (Å²) >= 11 is 0.